The molecular weight excluding hydrogens is 960 g/mol. The predicted octanol–water partition coefficient (Wildman–Crippen LogP) is 17.2. The first-order valence-corrected chi connectivity index (χ1v) is 27.8. The third-order valence-corrected chi connectivity index (χ3v) is 16.1. The maximum atomic E-state index is 5.21. The van der Waals surface area contributed by atoms with Gasteiger partial charge in [0, 0.05) is 51.2 Å². The second kappa shape index (κ2) is 18.9. The van der Waals surface area contributed by atoms with Crippen molar-refractivity contribution in [2.75, 3.05) is 14.7 Å². The average molecular weight is 1030 g/mol. The second-order valence-corrected chi connectivity index (χ2v) is 24.5. The van der Waals surface area contributed by atoms with Crippen molar-refractivity contribution in [3.8, 4) is 27.9 Å². The molecule has 0 fully saturated rings. The van der Waals surface area contributed by atoms with Crippen molar-refractivity contribution in [3.63, 3.8) is 0 Å². The van der Waals surface area contributed by atoms with Gasteiger partial charge in [-0.3, -0.25) is 0 Å². The number of para-hydroxylation sites is 1. The van der Waals surface area contributed by atoms with Gasteiger partial charge in [0.25, 0.3) is 6.71 Å². The lowest BCUT2D eigenvalue weighted by atomic mass is 9.33. The van der Waals surface area contributed by atoms with Crippen LogP contribution in [0.2, 0.25) is 0 Å². The first kappa shape index (κ1) is 49.6. The number of anilines is 9. The molecule has 2 aliphatic heterocycles. The molecule has 2 aliphatic rings. The van der Waals surface area contributed by atoms with Crippen molar-refractivity contribution in [1.29, 1.82) is 0 Å². The van der Waals surface area contributed by atoms with Crippen LogP contribution in [0.1, 0.15) is 79.0 Å². The van der Waals surface area contributed by atoms with Gasteiger partial charge in [0.05, 0.1) is 5.69 Å². The summed E-state index contributed by atoms with van der Waals surface area (Å²) >= 11 is 0. The molecule has 0 atom stereocenters. The molecule has 0 unspecified atom stereocenters. The summed E-state index contributed by atoms with van der Waals surface area (Å²) in [6.07, 6.45) is 0. The van der Waals surface area contributed by atoms with Gasteiger partial charge in [-0.25, -0.2) is 0 Å². The molecule has 0 saturated heterocycles. The molecule has 7 heteroatoms. The number of rotatable bonds is 8. The Hall–Kier alpha value is -8.94. The maximum absolute atomic E-state index is 5.21. The van der Waals surface area contributed by atoms with Gasteiger partial charge in [0.1, 0.15) is 11.0 Å². The van der Waals surface area contributed by atoms with Gasteiger partial charge in [-0.15, -0.1) is 10.2 Å². The van der Waals surface area contributed by atoms with E-state index >= 15 is 0 Å². The summed E-state index contributed by atoms with van der Waals surface area (Å²) in [4.78, 5) is 9.27. The fraction of sp³-hybridized carbons (Fsp3) is 0.167. The number of hydrogen-bond acceptors (Lipinski definition) is 5. The van der Waals surface area contributed by atoms with Gasteiger partial charge in [-0.1, -0.05) is 196 Å². The summed E-state index contributed by atoms with van der Waals surface area (Å²) in [5, 5.41) is 10.4. The van der Waals surface area contributed by atoms with Crippen LogP contribution in [-0.4, -0.2) is 21.7 Å². The minimum atomic E-state index is -0.191. The largest absolute Gasteiger partial charge is 0.311 e. The SMILES string of the molecule is CC(C)(C)c1ccc(N2c3cc(N(c4ccc(-c5ccccc5)cc4)c4ccc(-c5ccccc5)cc4)ccc3B3c4cc5nn(-c6ccccc6)nc5cc4N(c4ccc(C(C)(C)C)cc4)c4cc(C(C)(C)C)cc2c43)cc1. The van der Waals surface area contributed by atoms with Crippen LogP contribution in [0.15, 0.2) is 231 Å². The highest BCUT2D eigenvalue weighted by molar-refractivity contribution is 7.00. The van der Waals surface area contributed by atoms with E-state index in [0.717, 1.165) is 56.5 Å². The summed E-state index contributed by atoms with van der Waals surface area (Å²) < 4.78 is 0. The first-order valence-electron chi connectivity index (χ1n) is 27.8. The van der Waals surface area contributed by atoms with E-state index in [1.54, 1.807) is 4.80 Å². The van der Waals surface area contributed by atoms with Crippen LogP contribution < -0.4 is 31.1 Å². The van der Waals surface area contributed by atoms with Crippen LogP contribution in [0.3, 0.4) is 0 Å². The monoisotopic (exact) mass is 1020 g/mol. The number of benzene rings is 10. The molecule has 0 saturated carbocycles. The Balaban J connectivity index is 1.08. The van der Waals surface area contributed by atoms with E-state index in [2.05, 4.69) is 289 Å². The lowest BCUT2D eigenvalue weighted by Crippen LogP contribution is -2.61. The molecule has 11 aromatic rings. The predicted molar refractivity (Wildman–Crippen MR) is 335 cm³/mol. The Kier molecular flexibility index (Phi) is 11.9. The highest BCUT2D eigenvalue weighted by atomic mass is 15.5. The van der Waals surface area contributed by atoms with Gasteiger partial charge in [0.2, 0.25) is 0 Å². The topological polar surface area (TPSA) is 40.4 Å². The van der Waals surface area contributed by atoms with Crippen molar-refractivity contribution in [1.82, 2.24) is 15.0 Å². The van der Waals surface area contributed by atoms with Crippen molar-refractivity contribution < 1.29 is 0 Å². The smallest absolute Gasteiger partial charge is 0.252 e. The van der Waals surface area contributed by atoms with Crippen molar-refractivity contribution >= 4 is 85.3 Å². The van der Waals surface area contributed by atoms with Crippen LogP contribution in [0, 0.1) is 0 Å². The number of nitrogens with zero attached hydrogens (tertiary/aromatic N) is 6. The summed E-state index contributed by atoms with van der Waals surface area (Å²) in [7, 11) is 0. The Morgan fingerprint density at radius 3 is 1.19 bits per heavy atom. The van der Waals surface area contributed by atoms with E-state index in [4.69, 9.17) is 10.2 Å². The third kappa shape index (κ3) is 8.97. The highest BCUT2D eigenvalue weighted by Gasteiger charge is 2.45. The second-order valence-electron chi connectivity index (χ2n) is 24.5. The molecule has 10 aromatic carbocycles. The fourth-order valence-corrected chi connectivity index (χ4v) is 11.7. The molecule has 386 valence electrons. The fourth-order valence-electron chi connectivity index (χ4n) is 11.7. The zero-order chi connectivity index (χ0) is 54.4. The molecular formula is C72H65BN6. The summed E-state index contributed by atoms with van der Waals surface area (Å²) in [6, 6.07) is 84.9. The Morgan fingerprint density at radius 2 is 0.734 bits per heavy atom. The van der Waals surface area contributed by atoms with Gasteiger partial charge in [-0.05, 0) is 169 Å². The van der Waals surface area contributed by atoms with Crippen LogP contribution in [0.25, 0.3) is 39.0 Å². The number of hydrogen-bond donors (Lipinski definition) is 0. The number of aromatic nitrogens is 3. The van der Waals surface area contributed by atoms with E-state index in [-0.39, 0.29) is 23.0 Å². The standard InChI is InChI=1S/C72H65BN6/c1-70(2,3)52-29-37-57(38-30-52)77-65-45-60(76(55-33-25-50(26-34-55)48-19-13-10-14-20-48)56-35-27-51(28-36-56)49-21-15-11-16-22-49)41-42-61(65)73-62-46-63-64(75-79(74-63)59-23-17-12-18-24-59)47-66(62)78(58-39-31-53(32-40-58)71(4,5)6)68-44-54(72(7,8)9)43-67(77)69(68)73/h10-47H,1-9H3. The molecule has 0 bridgehead atoms. The Labute approximate surface area is 466 Å². The maximum Gasteiger partial charge on any atom is 0.252 e. The summed E-state index contributed by atoms with van der Waals surface area (Å²) in [6.45, 7) is 20.6. The van der Waals surface area contributed by atoms with Gasteiger partial charge >= 0.3 is 0 Å². The summed E-state index contributed by atoms with van der Waals surface area (Å²) in [5.74, 6) is 0. The molecule has 6 nitrogen and oxygen atoms in total. The average Bonchev–Trinajstić information content (AvgIpc) is 3.25. The normalized spacial score (nSPS) is 13.1. The van der Waals surface area contributed by atoms with E-state index < -0.39 is 0 Å². The van der Waals surface area contributed by atoms with Crippen molar-refractivity contribution in [2.24, 2.45) is 0 Å². The minimum absolute atomic E-state index is 0.00470. The first-order chi connectivity index (χ1) is 38.0. The third-order valence-electron chi connectivity index (χ3n) is 16.1. The lowest BCUT2D eigenvalue weighted by molar-refractivity contribution is 0.590. The van der Waals surface area contributed by atoms with E-state index in [1.807, 2.05) is 18.2 Å². The number of fused-ring (bicyclic) bond motifs is 5. The molecule has 13 rings (SSSR count). The Bertz CT molecular complexity index is 3950. The molecule has 0 aliphatic carbocycles. The van der Waals surface area contributed by atoms with E-state index in [1.165, 1.54) is 66.7 Å². The molecule has 1 aromatic heterocycles. The van der Waals surface area contributed by atoms with Crippen LogP contribution in [0.5, 0.6) is 0 Å². The zero-order valence-corrected chi connectivity index (χ0v) is 46.7. The van der Waals surface area contributed by atoms with E-state index in [0.29, 0.717) is 0 Å². The molecule has 0 N–H and O–H groups in total. The molecule has 0 radical (unpaired) electrons. The van der Waals surface area contributed by atoms with Crippen LogP contribution in [-0.2, 0) is 16.2 Å². The molecule has 0 spiro atoms. The lowest BCUT2D eigenvalue weighted by Gasteiger charge is -2.45. The molecule has 3 heterocycles. The quantitative estimate of drug-likeness (QED) is 0.142. The zero-order valence-electron chi connectivity index (χ0n) is 46.7. The molecule has 0 amide bonds. The minimum Gasteiger partial charge on any atom is -0.311 e. The Morgan fingerprint density at radius 1 is 0.329 bits per heavy atom. The highest BCUT2D eigenvalue weighted by Crippen LogP contribution is 2.49. The van der Waals surface area contributed by atoms with Gasteiger partial charge in [-0.2, -0.15) is 4.80 Å². The molecule has 79 heavy (non-hydrogen) atoms. The van der Waals surface area contributed by atoms with Crippen LogP contribution >= 0.6 is 0 Å². The summed E-state index contributed by atoms with van der Waals surface area (Å²) in [5.41, 5.74) is 24.6. The van der Waals surface area contributed by atoms with Crippen molar-refractivity contribution in [2.45, 2.75) is 78.6 Å². The van der Waals surface area contributed by atoms with Gasteiger partial charge < -0.3 is 14.7 Å². The van der Waals surface area contributed by atoms with Crippen molar-refractivity contribution in [3.05, 3.63) is 247 Å². The van der Waals surface area contributed by atoms with Gasteiger partial charge in [0.15, 0.2) is 0 Å². The van der Waals surface area contributed by atoms with Crippen LogP contribution in [0.4, 0.5) is 51.2 Å². The van der Waals surface area contributed by atoms with E-state index in [9.17, 15) is 0 Å².